The Morgan fingerprint density at radius 3 is 2.93 bits per heavy atom. The molecule has 0 radical (unpaired) electrons. The lowest BCUT2D eigenvalue weighted by Crippen LogP contribution is -2.35. The number of nitrogens with two attached hydrogens (primary N) is 1. The number of allylic oxidation sites excluding steroid dienone is 1. The maximum atomic E-state index is 12.5. The number of rotatable bonds is 11. The molecule has 46 heavy (non-hydrogen) atoms. The van der Waals surface area contributed by atoms with E-state index in [1.807, 2.05) is 41.7 Å². The highest BCUT2D eigenvalue weighted by molar-refractivity contribution is 6.09. The second kappa shape index (κ2) is 14.0. The lowest BCUT2D eigenvalue weighted by molar-refractivity contribution is -0.121. The van der Waals surface area contributed by atoms with E-state index in [4.69, 9.17) is 15.5 Å². The third-order valence-electron chi connectivity index (χ3n) is 9.08. The summed E-state index contributed by atoms with van der Waals surface area (Å²) in [6, 6.07) is 8.97. The van der Waals surface area contributed by atoms with Gasteiger partial charge in [-0.1, -0.05) is 56.2 Å². The Balaban J connectivity index is 1.21. The minimum atomic E-state index is -1.01. The van der Waals surface area contributed by atoms with E-state index in [2.05, 4.69) is 24.1 Å². The SMILES string of the molecule is CCCCC[C@@H](O)CC(=O)CCc1ccc(O)c(O[C@@H]2CC#C[C@@H](O)c3ccc4c(c3CC3=CN=C5CN2C=C35)C=CN[C@@H]4N)c1. The van der Waals surface area contributed by atoms with E-state index < -0.39 is 18.4 Å². The van der Waals surface area contributed by atoms with Crippen LogP contribution in [0.15, 0.2) is 65.1 Å². The molecule has 0 fully saturated rings. The number of aryl methyl sites for hydroxylation is 1. The summed E-state index contributed by atoms with van der Waals surface area (Å²) in [7, 11) is 0. The van der Waals surface area contributed by atoms with Crippen LogP contribution in [-0.4, -0.2) is 50.6 Å². The van der Waals surface area contributed by atoms with Gasteiger partial charge < -0.3 is 36.0 Å². The minimum Gasteiger partial charge on any atom is -0.504 e. The van der Waals surface area contributed by atoms with Crippen LogP contribution >= 0.6 is 0 Å². The summed E-state index contributed by atoms with van der Waals surface area (Å²) < 4.78 is 6.40. The van der Waals surface area contributed by atoms with Crippen LogP contribution in [0.25, 0.3) is 6.08 Å². The molecule has 0 saturated heterocycles. The summed E-state index contributed by atoms with van der Waals surface area (Å²) in [5, 5.41) is 35.3. The van der Waals surface area contributed by atoms with Crippen molar-refractivity contribution < 1.29 is 24.9 Å². The van der Waals surface area contributed by atoms with Crippen LogP contribution in [0, 0.1) is 11.8 Å². The van der Waals surface area contributed by atoms with Gasteiger partial charge in [-0.3, -0.25) is 9.79 Å². The van der Waals surface area contributed by atoms with E-state index in [0.29, 0.717) is 38.0 Å². The van der Waals surface area contributed by atoms with Crippen molar-refractivity contribution in [3.8, 4) is 23.3 Å². The molecule has 2 bridgehead atoms. The lowest BCUT2D eigenvalue weighted by Gasteiger charge is -2.28. The number of nitrogens with zero attached hydrogens (tertiary/aromatic N) is 2. The fourth-order valence-electron chi connectivity index (χ4n) is 6.49. The number of carbonyl (C=O) groups excluding carboxylic acids is 1. The smallest absolute Gasteiger partial charge is 0.183 e. The summed E-state index contributed by atoms with van der Waals surface area (Å²) in [4.78, 5) is 19.3. The number of aliphatic imine (C=N–C) groups is 1. The standard InChI is InChI=1S/C37H42N4O5/c1-2-3-4-6-25(42)19-26(43)11-9-23-10-14-34(45)35(17-23)46-36-8-5-7-33(44)28-12-13-29-27(15-16-39-37(29)38)30(28)18-24-20-40-32-22-41(36)21-31(24)32/h10,12-17,20-21,25,33,36-37,39,42,44-45H,2-4,6,8-9,11,18-19,22,38H2,1H3/t25-,33-,36-,37+/m1/s1. The molecule has 4 atom stereocenters. The normalized spacial score (nSPS) is 21.7. The predicted octanol–water partition coefficient (Wildman–Crippen LogP) is 4.68. The van der Waals surface area contributed by atoms with E-state index in [1.165, 1.54) is 0 Å². The molecule has 6 N–H and O–H groups in total. The van der Waals surface area contributed by atoms with Gasteiger partial charge >= 0.3 is 0 Å². The number of unbranched alkanes of at least 4 members (excludes halogenated alkanes) is 2. The molecule has 2 aromatic rings. The first-order valence-corrected chi connectivity index (χ1v) is 16.2. The van der Waals surface area contributed by atoms with Crippen LogP contribution in [-0.2, 0) is 17.6 Å². The molecule has 6 rings (SSSR count). The van der Waals surface area contributed by atoms with Gasteiger partial charge in [0.15, 0.2) is 17.7 Å². The molecule has 9 nitrogen and oxygen atoms in total. The number of nitrogens with one attached hydrogen (secondary N) is 1. The van der Waals surface area contributed by atoms with Crippen molar-refractivity contribution in [1.82, 2.24) is 10.2 Å². The average molecular weight is 623 g/mol. The molecular weight excluding hydrogens is 580 g/mol. The van der Waals surface area contributed by atoms with Gasteiger partial charge in [-0.15, -0.1) is 0 Å². The maximum Gasteiger partial charge on any atom is 0.183 e. The van der Waals surface area contributed by atoms with Crippen LogP contribution in [0.4, 0.5) is 0 Å². The highest BCUT2D eigenvalue weighted by Gasteiger charge is 2.33. The number of phenolic OH excluding ortho intramolecular Hbond substituents is 1. The van der Waals surface area contributed by atoms with Gasteiger partial charge in [-0.25, -0.2) is 0 Å². The molecular formula is C37H42N4O5. The zero-order chi connectivity index (χ0) is 32.2. The molecule has 0 unspecified atom stereocenters. The maximum absolute atomic E-state index is 12.5. The third kappa shape index (κ3) is 6.90. The number of benzene rings is 2. The number of ketones is 1. The Morgan fingerprint density at radius 2 is 2.09 bits per heavy atom. The van der Waals surface area contributed by atoms with Crippen LogP contribution in [0.3, 0.4) is 0 Å². The van der Waals surface area contributed by atoms with Crippen molar-refractivity contribution in [3.63, 3.8) is 0 Å². The zero-order valence-corrected chi connectivity index (χ0v) is 26.2. The van der Waals surface area contributed by atoms with E-state index in [0.717, 1.165) is 63.9 Å². The summed E-state index contributed by atoms with van der Waals surface area (Å²) in [6.45, 7) is 2.63. The van der Waals surface area contributed by atoms with Crippen LogP contribution in [0.1, 0.15) is 92.0 Å². The van der Waals surface area contributed by atoms with Gasteiger partial charge in [0.25, 0.3) is 0 Å². The van der Waals surface area contributed by atoms with Gasteiger partial charge in [0.05, 0.1) is 24.8 Å². The first kappa shape index (κ1) is 31.6. The van der Waals surface area contributed by atoms with Gasteiger partial charge in [0.1, 0.15) is 18.1 Å². The molecule has 0 spiro atoms. The number of aliphatic hydroxyl groups excluding tert-OH is 2. The molecule has 4 aliphatic rings. The highest BCUT2D eigenvalue weighted by atomic mass is 16.5. The Kier molecular flexibility index (Phi) is 9.59. The number of hydrogen-bond acceptors (Lipinski definition) is 9. The largest absolute Gasteiger partial charge is 0.504 e. The Bertz CT molecular complexity index is 1680. The third-order valence-corrected chi connectivity index (χ3v) is 9.08. The van der Waals surface area contributed by atoms with E-state index >= 15 is 0 Å². The van der Waals surface area contributed by atoms with E-state index in [-0.39, 0.29) is 30.5 Å². The molecule has 2 aromatic carbocycles. The molecule has 0 saturated carbocycles. The quantitative estimate of drug-likeness (QED) is 0.180. The van der Waals surface area contributed by atoms with Crippen molar-refractivity contribution >= 4 is 17.6 Å². The number of ether oxygens (including phenoxy) is 1. The number of phenols is 1. The summed E-state index contributed by atoms with van der Waals surface area (Å²) in [5.41, 5.74) is 13.9. The summed E-state index contributed by atoms with van der Waals surface area (Å²) >= 11 is 0. The number of fused-ring (bicyclic) bond motifs is 4. The van der Waals surface area contributed by atoms with Gasteiger partial charge in [-0.05, 0) is 70.6 Å². The first-order valence-electron chi connectivity index (χ1n) is 16.2. The van der Waals surface area contributed by atoms with Crippen molar-refractivity contribution in [3.05, 3.63) is 87.9 Å². The van der Waals surface area contributed by atoms with Gasteiger partial charge in [-0.2, -0.15) is 0 Å². The van der Waals surface area contributed by atoms with Crippen molar-refractivity contribution in [1.29, 1.82) is 0 Å². The predicted molar refractivity (Wildman–Crippen MR) is 178 cm³/mol. The molecule has 240 valence electrons. The Hall–Kier alpha value is -4.36. The monoisotopic (exact) mass is 622 g/mol. The second-order valence-electron chi connectivity index (χ2n) is 12.4. The fourth-order valence-corrected chi connectivity index (χ4v) is 6.49. The fraction of sp³-hybridized carbons (Fsp3) is 0.405. The van der Waals surface area contributed by atoms with Crippen molar-refractivity contribution in [2.45, 2.75) is 89.3 Å². The van der Waals surface area contributed by atoms with E-state index in [1.54, 1.807) is 18.2 Å². The van der Waals surface area contributed by atoms with Crippen LogP contribution < -0.4 is 15.8 Å². The Labute approximate surface area is 270 Å². The topological polar surface area (TPSA) is 141 Å². The number of carbonyl (C=O) groups is 1. The minimum absolute atomic E-state index is 0.00930. The van der Waals surface area contributed by atoms with Crippen molar-refractivity contribution in [2.24, 2.45) is 10.7 Å². The summed E-state index contributed by atoms with van der Waals surface area (Å²) in [6.07, 6.45) is 10.7. The number of Topliss-reactive ketones (excluding diaryl/α,β-unsaturated/α-hetero) is 1. The number of aliphatic hydroxyl groups is 2. The Morgan fingerprint density at radius 1 is 1.24 bits per heavy atom. The first-order chi connectivity index (χ1) is 22.3. The molecule has 4 heterocycles. The van der Waals surface area contributed by atoms with Crippen LogP contribution in [0.2, 0.25) is 0 Å². The number of aromatic hydroxyl groups is 1. The molecule has 0 aliphatic carbocycles. The van der Waals surface area contributed by atoms with Crippen molar-refractivity contribution in [2.75, 3.05) is 6.54 Å². The highest BCUT2D eigenvalue weighted by Crippen LogP contribution is 2.37. The van der Waals surface area contributed by atoms with Crippen LogP contribution in [0.5, 0.6) is 11.5 Å². The van der Waals surface area contributed by atoms with E-state index in [9.17, 15) is 20.1 Å². The average Bonchev–Trinajstić information content (AvgIpc) is 3.62. The molecule has 9 heteroatoms. The second-order valence-corrected chi connectivity index (χ2v) is 12.4. The molecule has 4 aliphatic heterocycles. The molecule has 0 amide bonds. The zero-order valence-electron chi connectivity index (χ0n) is 26.2. The van der Waals surface area contributed by atoms with Gasteiger partial charge in [0.2, 0.25) is 0 Å². The molecule has 0 aromatic heterocycles. The number of hydrogen-bond donors (Lipinski definition) is 5. The van der Waals surface area contributed by atoms with Gasteiger partial charge in [0, 0.05) is 37.2 Å². The summed E-state index contributed by atoms with van der Waals surface area (Å²) in [5.74, 6) is 6.46. The lowest BCUT2D eigenvalue weighted by atomic mass is 9.86.